The van der Waals surface area contributed by atoms with Gasteiger partial charge in [-0.2, -0.15) is 13.2 Å². The Hall–Kier alpha value is -1.72. The molecule has 106 valence electrons. The fourth-order valence-electron chi connectivity index (χ4n) is 1.41. The predicted molar refractivity (Wildman–Crippen MR) is 63.8 cm³/mol. The number of alkyl halides is 3. The van der Waals surface area contributed by atoms with Crippen LogP contribution < -0.4 is 9.47 Å². The average Bonchev–Trinajstić information content (AvgIpc) is 2.35. The van der Waals surface area contributed by atoms with Crippen molar-refractivity contribution in [1.82, 2.24) is 0 Å². The van der Waals surface area contributed by atoms with Crippen LogP contribution in [0.2, 0.25) is 0 Å². The molecule has 1 aromatic rings. The number of hydrogen-bond acceptors (Lipinski definition) is 3. The summed E-state index contributed by atoms with van der Waals surface area (Å²) in [6.45, 7) is 4.29. The lowest BCUT2D eigenvalue weighted by atomic mass is 10.1. The highest BCUT2D eigenvalue weighted by atomic mass is 19.4. The summed E-state index contributed by atoms with van der Waals surface area (Å²) in [7, 11) is 0. The molecule has 0 fully saturated rings. The van der Waals surface area contributed by atoms with E-state index in [2.05, 4.69) is 0 Å². The number of carbonyl (C=O) groups is 1. The van der Waals surface area contributed by atoms with Crippen molar-refractivity contribution in [2.45, 2.75) is 26.4 Å². The molecule has 0 bridgehead atoms. The van der Waals surface area contributed by atoms with Crippen molar-refractivity contribution in [3.8, 4) is 11.5 Å². The number of benzene rings is 1. The monoisotopic (exact) mass is 276 g/mol. The molecule has 19 heavy (non-hydrogen) atoms. The van der Waals surface area contributed by atoms with E-state index in [1.807, 2.05) is 6.92 Å². The van der Waals surface area contributed by atoms with E-state index in [4.69, 9.17) is 9.47 Å². The number of hydrogen-bond donors (Lipinski definition) is 0. The van der Waals surface area contributed by atoms with Crippen molar-refractivity contribution in [2.75, 3.05) is 13.2 Å². The lowest BCUT2D eigenvalue weighted by Crippen LogP contribution is -2.22. The van der Waals surface area contributed by atoms with Gasteiger partial charge in [0.25, 0.3) is 5.78 Å². The van der Waals surface area contributed by atoms with Crippen LogP contribution in [-0.2, 0) is 0 Å². The first-order valence-corrected chi connectivity index (χ1v) is 5.91. The number of rotatable bonds is 6. The standard InChI is InChI=1S/C13H15F3O3/c1-3-7-19-10-6-5-9(8-11(10)18-4-2)12(17)13(14,15)16/h5-6,8H,3-4,7H2,1-2H3. The van der Waals surface area contributed by atoms with Crippen LogP contribution in [0.1, 0.15) is 30.6 Å². The first-order valence-electron chi connectivity index (χ1n) is 5.91. The van der Waals surface area contributed by atoms with Gasteiger partial charge in [0.1, 0.15) is 0 Å². The second kappa shape index (κ2) is 6.45. The van der Waals surface area contributed by atoms with Crippen molar-refractivity contribution < 1.29 is 27.4 Å². The summed E-state index contributed by atoms with van der Waals surface area (Å²) in [5.74, 6) is -1.41. The molecule has 0 N–H and O–H groups in total. The van der Waals surface area contributed by atoms with E-state index in [1.165, 1.54) is 6.07 Å². The van der Waals surface area contributed by atoms with Gasteiger partial charge in [-0.05, 0) is 31.5 Å². The molecule has 6 heteroatoms. The normalized spacial score (nSPS) is 11.2. The van der Waals surface area contributed by atoms with E-state index in [0.29, 0.717) is 12.4 Å². The number of halogens is 3. The van der Waals surface area contributed by atoms with Crippen LogP contribution in [0, 0.1) is 0 Å². The van der Waals surface area contributed by atoms with Crippen molar-refractivity contribution in [2.24, 2.45) is 0 Å². The van der Waals surface area contributed by atoms with Crippen LogP contribution in [0.5, 0.6) is 11.5 Å². The molecule has 0 aromatic heterocycles. The fraction of sp³-hybridized carbons (Fsp3) is 0.462. The molecular weight excluding hydrogens is 261 g/mol. The summed E-state index contributed by atoms with van der Waals surface area (Å²) >= 11 is 0. The summed E-state index contributed by atoms with van der Waals surface area (Å²) in [6.07, 6.45) is -4.13. The van der Waals surface area contributed by atoms with Crippen molar-refractivity contribution in [1.29, 1.82) is 0 Å². The Morgan fingerprint density at radius 1 is 1.16 bits per heavy atom. The molecule has 1 aromatic carbocycles. The number of ketones is 1. The second-order valence-corrected chi connectivity index (χ2v) is 3.77. The maximum atomic E-state index is 12.3. The maximum absolute atomic E-state index is 12.3. The second-order valence-electron chi connectivity index (χ2n) is 3.77. The highest BCUT2D eigenvalue weighted by molar-refractivity contribution is 6.00. The number of ether oxygens (including phenoxy) is 2. The fourth-order valence-corrected chi connectivity index (χ4v) is 1.41. The van der Waals surface area contributed by atoms with Crippen LogP contribution >= 0.6 is 0 Å². The summed E-state index contributed by atoms with van der Waals surface area (Å²) < 4.78 is 47.5. The Labute approximate surface area is 109 Å². The van der Waals surface area contributed by atoms with E-state index in [1.54, 1.807) is 6.92 Å². The topological polar surface area (TPSA) is 35.5 Å². The Kier molecular flexibility index (Phi) is 5.20. The van der Waals surface area contributed by atoms with Crippen LogP contribution in [-0.4, -0.2) is 25.2 Å². The van der Waals surface area contributed by atoms with Gasteiger partial charge in [-0.3, -0.25) is 4.79 Å². The van der Waals surface area contributed by atoms with Crippen LogP contribution in [0.4, 0.5) is 13.2 Å². The van der Waals surface area contributed by atoms with E-state index < -0.39 is 17.5 Å². The zero-order valence-corrected chi connectivity index (χ0v) is 10.7. The van der Waals surface area contributed by atoms with Crippen LogP contribution in [0.3, 0.4) is 0 Å². The molecule has 0 amide bonds. The Balaban J connectivity index is 3.04. The Morgan fingerprint density at radius 2 is 1.84 bits per heavy atom. The molecule has 3 nitrogen and oxygen atoms in total. The first-order chi connectivity index (χ1) is 8.90. The minimum Gasteiger partial charge on any atom is -0.490 e. The Morgan fingerprint density at radius 3 is 2.37 bits per heavy atom. The molecule has 0 aliphatic rings. The molecule has 1 rings (SSSR count). The lowest BCUT2D eigenvalue weighted by molar-refractivity contribution is -0.0885. The van der Waals surface area contributed by atoms with Gasteiger partial charge in [-0.15, -0.1) is 0 Å². The van der Waals surface area contributed by atoms with E-state index in [9.17, 15) is 18.0 Å². The van der Waals surface area contributed by atoms with Gasteiger partial charge in [0.15, 0.2) is 11.5 Å². The quantitative estimate of drug-likeness (QED) is 0.744. The molecule has 0 aliphatic heterocycles. The van der Waals surface area contributed by atoms with Gasteiger partial charge in [0.05, 0.1) is 13.2 Å². The predicted octanol–water partition coefficient (Wildman–Crippen LogP) is 3.62. The average molecular weight is 276 g/mol. The lowest BCUT2D eigenvalue weighted by Gasteiger charge is -2.13. The van der Waals surface area contributed by atoms with Crippen molar-refractivity contribution >= 4 is 5.78 Å². The van der Waals surface area contributed by atoms with E-state index >= 15 is 0 Å². The maximum Gasteiger partial charge on any atom is 0.454 e. The van der Waals surface area contributed by atoms with E-state index in [0.717, 1.165) is 18.6 Å². The van der Waals surface area contributed by atoms with Gasteiger partial charge >= 0.3 is 6.18 Å². The van der Waals surface area contributed by atoms with Gasteiger partial charge in [0.2, 0.25) is 0 Å². The molecule has 0 aliphatic carbocycles. The summed E-state index contributed by atoms with van der Waals surface area (Å²) in [4.78, 5) is 11.1. The van der Waals surface area contributed by atoms with Gasteiger partial charge in [-0.25, -0.2) is 0 Å². The first kappa shape index (κ1) is 15.3. The SMILES string of the molecule is CCCOc1ccc(C(=O)C(F)(F)F)cc1OCC. The highest BCUT2D eigenvalue weighted by Gasteiger charge is 2.39. The highest BCUT2D eigenvalue weighted by Crippen LogP contribution is 2.31. The van der Waals surface area contributed by atoms with E-state index in [-0.39, 0.29) is 12.4 Å². The molecule has 0 saturated heterocycles. The third-order valence-corrected chi connectivity index (χ3v) is 2.22. The minimum atomic E-state index is -4.89. The van der Waals surface area contributed by atoms with Crippen molar-refractivity contribution in [3.63, 3.8) is 0 Å². The largest absolute Gasteiger partial charge is 0.490 e. The number of Topliss-reactive ketones (excluding diaryl/α,β-unsaturated/α-hetero) is 1. The molecular formula is C13H15F3O3. The summed E-state index contributed by atoms with van der Waals surface area (Å²) in [5, 5.41) is 0. The molecule has 0 radical (unpaired) electrons. The third-order valence-electron chi connectivity index (χ3n) is 2.22. The minimum absolute atomic E-state index is 0.144. The zero-order chi connectivity index (χ0) is 14.5. The third kappa shape index (κ3) is 4.15. The molecule has 0 atom stereocenters. The van der Waals surface area contributed by atoms with Crippen LogP contribution in [0.25, 0.3) is 0 Å². The Bertz CT molecular complexity index is 441. The molecule has 0 unspecified atom stereocenters. The molecule has 0 spiro atoms. The van der Waals surface area contributed by atoms with Crippen LogP contribution in [0.15, 0.2) is 18.2 Å². The summed E-state index contributed by atoms with van der Waals surface area (Å²) in [5.41, 5.74) is -0.459. The number of carbonyl (C=O) groups excluding carboxylic acids is 1. The zero-order valence-electron chi connectivity index (χ0n) is 10.7. The van der Waals surface area contributed by atoms with Crippen molar-refractivity contribution in [3.05, 3.63) is 23.8 Å². The van der Waals surface area contributed by atoms with Gasteiger partial charge in [-0.1, -0.05) is 6.92 Å². The van der Waals surface area contributed by atoms with Gasteiger partial charge in [0, 0.05) is 5.56 Å². The summed E-state index contributed by atoms with van der Waals surface area (Å²) in [6, 6.07) is 3.47. The molecule has 0 saturated carbocycles. The molecule has 0 heterocycles. The smallest absolute Gasteiger partial charge is 0.454 e. The van der Waals surface area contributed by atoms with Gasteiger partial charge < -0.3 is 9.47 Å².